The summed E-state index contributed by atoms with van der Waals surface area (Å²) in [5, 5.41) is 2.66. The van der Waals surface area contributed by atoms with Crippen molar-refractivity contribution in [3.8, 4) is 5.69 Å². The summed E-state index contributed by atoms with van der Waals surface area (Å²) in [6.45, 7) is 4.27. The molecule has 3 aromatic rings. The van der Waals surface area contributed by atoms with Gasteiger partial charge in [-0.05, 0) is 18.1 Å². The number of hydrogen-bond acceptors (Lipinski definition) is 6. The van der Waals surface area contributed by atoms with E-state index in [1.807, 2.05) is 13.8 Å². The highest BCUT2D eigenvalue weighted by atomic mass is 32.2. The highest BCUT2D eigenvalue weighted by Crippen LogP contribution is 2.31. The number of rotatable bonds is 4. The molecule has 1 aliphatic rings. The molecule has 0 aliphatic carbocycles. The molecule has 9 nitrogen and oxygen atoms in total. The highest BCUT2D eigenvalue weighted by molar-refractivity contribution is 7.89. The van der Waals surface area contributed by atoms with E-state index in [4.69, 9.17) is 0 Å². The molecule has 0 unspecified atom stereocenters. The number of hydrogen-bond donors (Lipinski definition) is 1. The van der Waals surface area contributed by atoms with Gasteiger partial charge in [-0.1, -0.05) is 26.0 Å². The first-order valence-corrected chi connectivity index (χ1v) is 10.5. The molecule has 10 heteroatoms. The minimum Gasteiger partial charge on any atom is -0.304 e. The van der Waals surface area contributed by atoms with Crippen LogP contribution in [0.2, 0.25) is 0 Å². The first-order chi connectivity index (χ1) is 13.9. The first-order valence-electron chi connectivity index (χ1n) is 9.11. The Morgan fingerprint density at radius 2 is 2.00 bits per heavy atom. The molecule has 0 fully saturated rings. The van der Waals surface area contributed by atoms with Gasteiger partial charge in [-0.3, -0.25) is 14.3 Å². The molecule has 1 aliphatic heterocycles. The van der Waals surface area contributed by atoms with Gasteiger partial charge in [0.15, 0.2) is 11.5 Å². The average Bonchev–Trinajstić information content (AvgIpc) is 3.08. The fraction of sp³-hybridized carbons (Fsp3) is 0.263. The molecule has 0 atom stereocenters. The molecular weight excluding hydrogens is 392 g/mol. The molecule has 0 radical (unpaired) electrons. The van der Waals surface area contributed by atoms with Crippen LogP contribution in [0.4, 0.5) is 5.82 Å². The zero-order valence-electron chi connectivity index (χ0n) is 16.0. The topological polar surface area (TPSA) is 110 Å². The number of carbonyl (C=O) groups is 1. The monoisotopic (exact) mass is 412 g/mol. The van der Waals surface area contributed by atoms with Crippen LogP contribution in [-0.2, 0) is 16.6 Å². The van der Waals surface area contributed by atoms with Crippen molar-refractivity contribution in [1.82, 2.24) is 23.8 Å². The molecule has 150 valence electrons. The zero-order chi connectivity index (χ0) is 20.6. The molecule has 0 bridgehead atoms. The van der Waals surface area contributed by atoms with Crippen LogP contribution < -0.4 is 5.32 Å². The van der Waals surface area contributed by atoms with Crippen LogP contribution in [0.3, 0.4) is 0 Å². The molecule has 3 heterocycles. The van der Waals surface area contributed by atoms with Gasteiger partial charge in [0.25, 0.3) is 5.91 Å². The zero-order valence-corrected chi connectivity index (χ0v) is 16.8. The van der Waals surface area contributed by atoms with E-state index in [1.165, 1.54) is 29.2 Å². The Hall–Kier alpha value is -3.11. The van der Waals surface area contributed by atoms with Crippen molar-refractivity contribution in [3.63, 3.8) is 0 Å². The van der Waals surface area contributed by atoms with E-state index >= 15 is 0 Å². The van der Waals surface area contributed by atoms with E-state index < -0.39 is 15.9 Å². The predicted molar refractivity (Wildman–Crippen MR) is 106 cm³/mol. The summed E-state index contributed by atoms with van der Waals surface area (Å²) in [5.41, 5.74) is 1.12. The molecule has 0 saturated carbocycles. The number of carbonyl (C=O) groups excluding carboxylic acids is 1. The Kier molecular flexibility index (Phi) is 4.89. The molecule has 2 aromatic heterocycles. The number of amides is 1. The summed E-state index contributed by atoms with van der Waals surface area (Å²) in [7, 11) is -3.72. The van der Waals surface area contributed by atoms with Crippen LogP contribution in [0.15, 0.2) is 54.1 Å². The smallest absolute Gasteiger partial charge is 0.277 e. The number of fused-ring (bicyclic) bond motifs is 3. The van der Waals surface area contributed by atoms with E-state index in [0.717, 1.165) is 0 Å². The maximum atomic E-state index is 13.3. The van der Waals surface area contributed by atoms with Crippen LogP contribution in [0.5, 0.6) is 0 Å². The third-order valence-corrected chi connectivity index (χ3v) is 6.38. The molecule has 0 saturated heterocycles. The van der Waals surface area contributed by atoms with Gasteiger partial charge in [0.2, 0.25) is 10.0 Å². The van der Waals surface area contributed by atoms with Crippen LogP contribution in [0, 0.1) is 5.92 Å². The number of imidazole rings is 1. The normalized spacial score (nSPS) is 15.4. The number of sulfonamides is 1. The Balaban J connectivity index is 1.82. The lowest BCUT2D eigenvalue weighted by Crippen LogP contribution is -2.33. The number of anilines is 1. The second-order valence-corrected chi connectivity index (χ2v) is 9.02. The largest absolute Gasteiger partial charge is 0.304 e. The number of para-hydroxylation sites is 1. The van der Waals surface area contributed by atoms with Gasteiger partial charge < -0.3 is 5.32 Å². The second-order valence-electron chi connectivity index (χ2n) is 7.11. The van der Waals surface area contributed by atoms with Crippen molar-refractivity contribution in [2.75, 3.05) is 11.9 Å². The standard InChI is InChI=1S/C19H20N6O3S/c1-13(2)10-24-11-15-18(19(26)23-17-9-20-7-8-21-17)22-12-25(15)14-5-3-4-6-16(14)29(24,27)28/h3-9,12-13H,10-11H2,1-2H3,(H,21,23,26). The first kappa shape index (κ1) is 19.2. The van der Waals surface area contributed by atoms with Gasteiger partial charge in [-0.15, -0.1) is 0 Å². The minimum absolute atomic E-state index is 0.0401. The second kappa shape index (κ2) is 7.37. The van der Waals surface area contributed by atoms with Gasteiger partial charge >= 0.3 is 0 Å². The van der Waals surface area contributed by atoms with Crippen LogP contribution in [0.1, 0.15) is 30.0 Å². The van der Waals surface area contributed by atoms with E-state index in [-0.39, 0.29) is 23.1 Å². The van der Waals surface area contributed by atoms with Gasteiger partial charge in [0, 0.05) is 18.9 Å². The lowest BCUT2D eigenvalue weighted by atomic mass is 10.2. The van der Waals surface area contributed by atoms with Crippen molar-refractivity contribution in [1.29, 1.82) is 0 Å². The number of benzene rings is 1. The minimum atomic E-state index is -3.72. The molecule has 1 aromatic carbocycles. The van der Waals surface area contributed by atoms with Crippen molar-refractivity contribution in [2.45, 2.75) is 25.3 Å². The van der Waals surface area contributed by atoms with Crippen LogP contribution in [-0.4, -0.2) is 44.7 Å². The van der Waals surface area contributed by atoms with E-state index in [0.29, 0.717) is 23.7 Å². The number of nitrogens with zero attached hydrogens (tertiary/aromatic N) is 5. The average molecular weight is 412 g/mol. The summed E-state index contributed by atoms with van der Waals surface area (Å²) in [6.07, 6.45) is 5.88. The third kappa shape index (κ3) is 3.52. The van der Waals surface area contributed by atoms with Gasteiger partial charge in [-0.25, -0.2) is 18.4 Å². The lowest BCUT2D eigenvalue weighted by Gasteiger charge is -2.22. The Bertz CT molecular complexity index is 1160. The van der Waals surface area contributed by atoms with Crippen molar-refractivity contribution < 1.29 is 13.2 Å². The van der Waals surface area contributed by atoms with E-state index in [9.17, 15) is 13.2 Å². The molecule has 1 amide bonds. The van der Waals surface area contributed by atoms with E-state index in [2.05, 4.69) is 20.3 Å². The van der Waals surface area contributed by atoms with Crippen molar-refractivity contribution in [3.05, 3.63) is 60.6 Å². The van der Waals surface area contributed by atoms with Gasteiger partial charge in [-0.2, -0.15) is 4.31 Å². The van der Waals surface area contributed by atoms with Crippen LogP contribution in [0.25, 0.3) is 5.69 Å². The SMILES string of the molecule is CC(C)CN1Cc2c(C(=O)Nc3cnccn3)ncn2-c2ccccc2S1(=O)=O. The third-order valence-electron chi connectivity index (χ3n) is 4.52. The summed E-state index contributed by atoms with van der Waals surface area (Å²) in [6, 6.07) is 6.73. The van der Waals surface area contributed by atoms with Crippen molar-refractivity contribution >= 4 is 21.7 Å². The molecule has 0 spiro atoms. The highest BCUT2D eigenvalue weighted by Gasteiger charge is 2.35. The Morgan fingerprint density at radius 1 is 1.21 bits per heavy atom. The maximum Gasteiger partial charge on any atom is 0.277 e. The van der Waals surface area contributed by atoms with Gasteiger partial charge in [0.1, 0.15) is 11.2 Å². The predicted octanol–water partition coefficient (Wildman–Crippen LogP) is 2.07. The number of aromatic nitrogens is 4. The fourth-order valence-electron chi connectivity index (χ4n) is 3.30. The molecule has 1 N–H and O–H groups in total. The lowest BCUT2D eigenvalue weighted by molar-refractivity contribution is 0.102. The van der Waals surface area contributed by atoms with Crippen LogP contribution >= 0.6 is 0 Å². The Labute approximate surface area is 168 Å². The quantitative estimate of drug-likeness (QED) is 0.702. The molecule has 29 heavy (non-hydrogen) atoms. The summed E-state index contributed by atoms with van der Waals surface area (Å²) in [4.78, 5) is 25.3. The molecular formula is C19H20N6O3S. The fourth-order valence-corrected chi connectivity index (χ4v) is 5.04. The summed E-state index contributed by atoms with van der Waals surface area (Å²) < 4.78 is 29.6. The van der Waals surface area contributed by atoms with Crippen molar-refractivity contribution in [2.24, 2.45) is 5.92 Å². The molecule has 4 rings (SSSR count). The summed E-state index contributed by atoms with van der Waals surface area (Å²) in [5.74, 6) is -0.0660. The number of nitrogens with one attached hydrogen (secondary N) is 1. The summed E-state index contributed by atoms with van der Waals surface area (Å²) >= 11 is 0. The van der Waals surface area contributed by atoms with Gasteiger partial charge in [0.05, 0.1) is 24.1 Å². The maximum absolute atomic E-state index is 13.3. The Morgan fingerprint density at radius 3 is 2.72 bits per heavy atom. The van der Waals surface area contributed by atoms with E-state index in [1.54, 1.807) is 28.8 Å².